The van der Waals surface area contributed by atoms with E-state index in [0.29, 0.717) is 5.69 Å². The Bertz CT molecular complexity index is 1230. The molecule has 2 amide bonds. The maximum absolute atomic E-state index is 13.1. The fraction of sp³-hybridized carbons (Fsp3) is 0.160. The fourth-order valence-corrected chi connectivity index (χ4v) is 4.81. The largest absolute Gasteiger partial charge is 0.416 e. The number of hydrogen-bond acceptors (Lipinski definition) is 4. The van der Waals surface area contributed by atoms with Gasteiger partial charge in [0.05, 0.1) is 17.8 Å². The summed E-state index contributed by atoms with van der Waals surface area (Å²) in [6.07, 6.45) is -4.49. The predicted octanol–water partition coefficient (Wildman–Crippen LogP) is 6.47. The quantitative estimate of drug-likeness (QED) is 0.338. The van der Waals surface area contributed by atoms with Gasteiger partial charge in [0.1, 0.15) is 5.25 Å². The highest BCUT2D eigenvalue weighted by Crippen LogP contribution is 2.33. The fourth-order valence-electron chi connectivity index (χ4n) is 3.35. The van der Waals surface area contributed by atoms with E-state index in [1.807, 2.05) is 42.5 Å². The Morgan fingerprint density at radius 3 is 2.31 bits per heavy atom. The molecule has 0 aliphatic carbocycles. The van der Waals surface area contributed by atoms with Crippen LogP contribution in [0.15, 0.2) is 83.9 Å². The van der Waals surface area contributed by atoms with Crippen molar-refractivity contribution in [3.8, 4) is 0 Å². The van der Waals surface area contributed by atoms with Gasteiger partial charge in [-0.3, -0.25) is 14.5 Å². The van der Waals surface area contributed by atoms with E-state index >= 15 is 0 Å². The molecule has 0 radical (unpaired) electrons. The Morgan fingerprint density at radius 1 is 1.03 bits per heavy atom. The lowest BCUT2D eigenvalue weighted by molar-refractivity contribution is -0.137. The molecule has 3 aromatic rings. The Morgan fingerprint density at radius 2 is 1.69 bits per heavy atom. The molecular formula is C25H19F3IN3O2S. The monoisotopic (exact) mass is 609 g/mol. The van der Waals surface area contributed by atoms with E-state index in [2.05, 4.69) is 32.9 Å². The van der Waals surface area contributed by atoms with E-state index < -0.39 is 17.0 Å². The summed E-state index contributed by atoms with van der Waals surface area (Å²) in [5.74, 6) is -0.634. The topological polar surface area (TPSA) is 61.8 Å². The van der Waals surface area contributed by atoms with Gasteiger partial charge in [-0.15, -0.1) is 0 Å². The van der Waals surface area contributed by atoms with Crippen LogP contribution in [0.2, 0.25) is 0 Å². The lowest BCUT2D eigenvalue weighted by Gasteiger charge is -2.32. The SMILES string of the molecule is O=C(Nc1ccc(I)cc1)C1CC(=O)N(Cc2ccccc2)C(=Nc2ccc(C(F)(F)F)cc2)S1. The van der Waals surface area contributed by atoms with E-state index in [9.17, 15) is 22.8 Å². The number of nitrogens with one attached hydrogen (secondary N) is 1. The highest BCUT2D eigenvalue weighted by molar-refractivity contribution is 14.1. The van der Waals surface area contributed by atoms with Gasteiger partial charge in [0, 0.05) is 15.7 Å². The van der Waals surface area contributed by atoms with Crippen LogP contribution in [-0.2, 0) is 22.3 Å². The van der Waals surface area contributed by atoms with Gasteiger partial charge in [-0.2, -0.15) is 13.2 Å². The van der Waals surface area contributed by atoms with E-state index in [0.717, 1.165) is 33.0 Å². The van der Waals surface area contributed by atoms with Crippen LogP contribution in [0.5, 0.6) is 0 Å². The Kier molecular flexibility index (Phi) is 7.80. The number of benzene rings is 3. The number of amidine groups is 1. The Labute approximate surface area is 218 Å². The lowest BCUT2D eigenvalue weighted by atomic mass is 10.2. The molecule has 1 aliphatic heterocycles. The number of alkyl halides is 3. The van der Waals surface area contributed by atoms with Crippen molar-refractivity contribution in [2.45, 2.75) is 24.4 Å². The summed E-state index contributed by atoms with van der Waals surface area (Å²) in [5.41, 5.74) is 0.939. The van der Waals surface area contributed by atoms with Crippen molar-refractivity contribution in [3.63, 3.8) is 0 Å². The number of carbonyl (C=O) groups excluding carboxylic acids is 2. The molecule has 0 bridgehead atoms. The zero-order valence-corrected chi connectivity index (χ0v) is 21.1. The average molecular weight is 609 g/mol. The van der Waals surface area contributed by atoms with Crippen LogP contribution in [0.4, 0.5) is 24.5 Å². The van der Waals surface area contributed by atoms with E-state index in [1.54, 1.807) is 12.1 Å². The maximum Gasteiger partial charge on any atom is 0.416 e. The molecule has 1 aliphatic rings. The third-order valence-electron chi connectivity index (χ3n) is 5.15. The number of carbonyl (C=O) groups is 2. The number of nitrogens with zero attached hydrogens (tertiary/aromatic N) is 2. The number of anilines is 1. The molecular weight excluding hydrogens is 590 g/mol. The third-order valence-corrected chi connectivity index (χ3v) is 7.05. The van der Waals surface area contributed by atoms with Crippen molar-refractivity contribution in [2.24, 2.45) is 4.99 Å². The van der Waals surface area contributed by atoms with Crippen molar-refractivity contribution < 1.29 is 22.8 Å². The van der Waals surface area contributed by atoms with Gasteiger partial charge >= 0.3 is 6.18 Å². The van der Waals surface area contributed by atoms with Crippen molar-refractivity contribution in [2.75, 3.05) is 5.32 Å². The van der Waals surface area contributed by atoms with E-state index in [4.69, 9.17) is 0 Å². The maximum atomic E-state index is 13.1. The number of amides is 2. The first-order valence-corrected chi connectivity index (χ1v) is 12.5. The van der Waals surface area contributed by atoms with Crippen LogP contribution >= 0.6 is 34.4 Å². The zero-order valence-electron chi connectivity index (χ0n) is 18.1. The zero-order chi connectivity index (χ0) is 25.0. The summed E-state index contributed by atoms with van der Waals surface area (Å²) in [5, 5.41) is 2.34. The Hall–Kier alpha value is -2.86. The van der Waals surface area contributed by atoms with Gasteiger partial charge in [-0.05, 0) is 76.7 Å². The minimum atomic E-state index is -4.46. The van der Waals surface area contributed by atoms with Crippen molar-refractivity contribution in [1.29, 1.82) is 0 Å². The lowest BCUT2D eigenvalue weighted by Crippen LogP contribution is -2.44. The van der Waals surface area contributed by atoms with Gasteiger partial charge in [-0.25, -0.2) is 4.99 Å². The van der Waals surface area contributed by atoms with Crippen molar-refractivity contribution in [3.05, 3.63) is 93.6 Å². The molecule has 3 aromatic carbocycles. The molecule has 10 heteroatoms. The van der Waals surface area contributed by atoms with Crippen LogP contribution in [-0.4, -0.2) is 27.1 Å². The number of hydrogen-bond donors (Lipinski definition) is 1. The molecule has 1 N–H and O–H groups in total. The van der Waals surface area contributed by atoms with Crippen molar-refractivity contribution in [1.82, 2.24) is 4.90 Å². The highest BCUT2D eigenvalue weighted by atomic mass is 127. The summed E-state index contributed by atoms with van der Waals surface area (Å²) in [6, 6.07) is 20.9. The van der Waals surface area contributed by atoms with Crippen LogP contribution in [0.25, 0.3) is 0 Å². The standard InChI is InChI=1S/C25H19F3IN3O2S/c26-25(27,28)17-6-10-20(11-7-17)31-24-32(15-16-4-2-1-3-5-16)22(33)14-21(35-24)23(34)30-19-12-8-18(29)9-13-19/h1-13,21H,14-15H2,(H,30,34). The summed E-state index contributed by atoms with van der Waals surface area (Å²) >= 11 is 3.28. The van der Waals surface area contributed by atoms with Crippen LogP contribution in [0.3, 0.4) is 0 Å². The third kappa shape index (κ3) is 6.63. The summed E-state index contributed by atoms with van der Waals surface area (Å²) in [7, 11) is 0. The molecule has 180 valence electrons. The van der Waals surface area contributed by atoms with Crippen molar-refractivity contribution >= 4 is 62.7 Å². The highest BCUT2D eigenvalue weighted by Gasteiger charge is 2.36. The molecule has 4 rings (SSSR count). The molecule has 1 saturated heterocycles. The minimum Gasteiger partial charge on any atom is -0.325 e. The first-order valence-electron chi connectivity index (χ1n) is 10.5. The molecule has 5 nitrogen and oxygen atoms in total. The van der Waals surface area contributed by atoms with Crippen LogP contribution in [0, 0.1) is 3.57 Å². The van der Waals surface area contributed by atoms with Gasteiger partial charge in [-0.1, -0.05) is 42.1 Å². The van der Waals surface area contributed by atoms with Crippen LogP contribution < -0.4 is 5.32 Å². The molecule has 1 atom stereocenters. The molecule has 1 fully saturated rings. The number of rotatable bonds is 5. The number of halogens is 4. The smallest absolute Gasteiger partial charge is 0.325 e. The summed E-state index contributed by atoms with van der Waals surface area (Å²) in [4.78, 5) is 32.0. The normalized spacial score (nSPS) is 17.5. The van der Waals surface area contributed by atoms with Gasteiger partial charge in [0.25, 0.3) is 0 Å². The second-order valence-electron chi connectivity index (χ2n) is 7.71. The van der Waals surface area contributed by atoms with Gasteiger partial charge in [0.2, 0.25) is 11.8 Å². The molecule has 35 heavy (non-hydrogen) atoms. The second-order valence-corrected chi connectivity index (χ2v) is 10.1. The molecule has 1 heterocycles. The van der Waals surface area contributed by atoms with Gasteiger partial charge < -0.3 is 5.32 Å². The van der Waals surface area contributed by atoms with E-state index in [1.165, 1.54) is 17.0 Å². The first-order chi connectivity index (χ1) is 16.7. The molecule has 0 aromatic heterocycles. The second kappa shape index (κ2) is 10.8. The average Bonchev–Trinajstić information content (AvgIpc) is 2.83. The van der Waals surface area contributed by atoms with Gasteiger partial charge in [0.15, 0.2) is 5.17 Å². The minimum absolute atomic E-state index is 0.0280. The predicted molar refractivity (Wildman–Crippen MR) is 139 cm³/mol. The van der Waals surface area contributed by atoms with Crippen LogP contribution in [0.1, 0.15) is 17.5 Å². The number of aliphatic imine (C=N–C) groups is 1. The number of thioether (sulfide) groups is 1. The molecule has 0 saturated carbocycles. The Balaban J connectivity index is 1.60. The first kappa shape index (κ1) is 25.2. The summed E-state index contributed by atoms with van der Waals surface area (Å²) in [6.45, 7) is 0.234. The molecule has 0 spiro atoms. The summed E-state index contributed by atoms with van der Waals surface area (Å²) < 4.78 is 39.8. The van der Waals surface area contributed by atoms with E-state index in [-0.39, 0.29) is 35.6 Å². The molecule has 1 unspecified atom stereocenters.